The van der Waals surface area contributed by atoms with Crippen LogP contribution in [-0.2, 0) is 4.79 Å². The summed E-state index contributed by atoms with van der Waals surface area (Å²) < 4.78 is 1.45. The van der Waals surface area contributed by atoms with E-state index in [-0.39, 0.29) is 5.91 Å². The second kappa shape index (κ2) is 3.82. The third-order valence-electron chi connectivity index (χ3n) is 1.93. The van der Waals surface area contributed by atoms with E-state index in [1.54, 1.807) is 17.3 Å². The number of anilines is 1. The first-order chi connectivity index (χ1) is 6.70. The molecule has 0 N–H and O–H groups in total. The number of halogens is 2. The molecule has 0 atom stereocenters. The van der Waals surface area contributed by atoms with E-state index in [0.29, 0.717) is 11.0 Å². The van der Waals surface area contributed by atoms with Crippen LogP contribution in [0.5, 0.6) is 0 Å². The smallest absolute Gasteiger partial charge is 0.266 e. The van der Waals surface area contributed by atoms with Gasteiger partial charge in [-0.3, -0.25) is 9.78 Å². The Hall–Kier alpha value is -0.680. The minimum Gasteiger partial charge on any atom is -0.301 e. The maximum atomic E-state index is 11.7. The Balaban J connectivity index is 2.30. The van der Waals surface area contributed by atoms with E-state index in [4.69, 9.17) is 0 Å². The molecule has 1 aliphatic heterocycles. The van der Waals surface area contributed by atoms with Gasteiger partial charge in [0.15, 0.2) is 0 Å². The summed E-state index contributed by atoms with van der Waals surface area (Å²) in [6, 6.07) is 3.67. The van der Waals surface area contributed by atoms with Crippen LogP contribution in [0, 0.1) is 0 Å². The zero-order valence-electron chi connectivity index (χ0n) is 7.08. The minimum absolute atomic E-state index is 0.0372. The Bertz CT molecular complexity index is 403. The van der Waals surface area contributed by atoms with Gasteiger partial charge in [-0.2, -0.15) is 0 Å². The summed E-state index contributed by atoms with van der Waals surface area (Å²) in [6.07, 6.45) is 3.35. The van der Waals surface area contributed by atoms with Gasteiger partial charge in [0.2, 0.25) is 0 Å². The second-order valence-electron chi connectivity index (χ2n) is 2.82. The minimum atomic E-state index is -0.0372. The van der Waals surface area contributed by atoms with Crippen LogP contribution in [0.4, 0.5) is 5.69 Å². The monoisotopic (exact) mass is 316 g/mol. The van der Waals surface area contributed by atoms with Crippen molar-refractivity contribution in [3.05, 3.63) is 33.5 Å². The van der Waals surface area contributed by atoms with Crippen LogP contribution in [-0.4, -0.2) is 17.4 Å². The fourth-order valence-electron chi connectivity index (χ4n) is 1.24. The van der Waals surface area contributed by atoms with Gasteiger partial charge in [-0.15, -0.1) is 0 Å². The molecule has 0 aromatic carbocycles. The summed E-state index contributed by atoms with van der Waals surface area (Å²) in [6.45, 7) is 0.561. The number of hydrogen-bond donors (Lipinski definition) is 0. The fourth-order valence-corrected chi connectivity index (χ4v) is 2.00. The maximum absolute atomic E-state index is 11.7. The third-order valence-corrected chi connectivity index (χ3v) is 3.92. The molecule has 14 heavy (non-hydrogen) atoms. The van der Waals surface area contributed by atoms with Gasteiger partial charge < -0.3 is 4.90 Å². The first-order valence-corrected chi connectivity index (χ1v) is 5.55. The van der Waals surface area contributed by atoms with E-state index in [1.807, 2.05) is 12.1 Å². The van der Waals surface area contributed by atoms with Crippen molar-refractivity contribution in [2.24, 2.45) is 0 Å². The molecule has 0 bridgehead atoms. The van der Waals surface area contributed by atoms with Gasteiger partial charge in [0.1, 0.15) is 0 Å². The number of carbonyl (C=O) groups is 1. The highest BCUT2D eigenvalue weighted by Crippen LogP contribution is 2.31. The lowest BCUT2D eigenvalue weighted by Gasteiger charge is -2.14. The van der Waals surface area contributed by atoms with Crippen molar-refractivity contribution in [2.75, 3.05) is 11.4 Å². The summed E-state index contributed by atoms with van der Waals surface area (Å²) in [7, 11) is 0. The molecule has 2 rings (SSSR count). The van der Waals surface area contributed by atoms with E-state index in [9.17, 15) is 4.79 Å². The molecule has 0 spiro atoms. The standard InChI is InChI=1S/C9H6Br2N2O/c10-7-5-13(9(14)8(7)11)6-2-1-3-12-4-6/h1-4H,5H2. The fraction of sp³-hybridized carbons (Fsp3) is 0.111. The molecule has 1 amide bonds. The zero-order valence-corrected chi connectivity index (χ0v) is 10.2. The molecule has 2 heterocycles. The van der Waals surface area contributed by atoms with Crippen LogP contribution < -0.4 is 4.90 Å². The molecule has 0 saturated carbocycles. The third kappa shape index (κ3) is 1.62. The molecule has 1 aromatic rings. The Morgan fingerprint density at radius 3 is 2.71 bits per heavy atom. The molecular weight excluding hydrogens is 312 g/mol. The molecule has 0 fully saturated rings. The predicted octanol–water partition coefficient (Wildman–Crippen LogP) is 2.43. The molecule has 0 saturated heterocycles. The summed E-state index contributed by atoms with van der Waals surface area (Å²) in [5.74, 6) is -0.0372. The van der Waals surface area contributed by atoms with E-state index in [2.05, 4.69) is 36.8 Å². The van der Waals surface area contributed by atoms with Gasteiger partial charge in [0, 0.05) is 10.7 Å². The first kappa shape index (κ1) is 9.86. The van der Waals surface area contributed by atoms with E-state index >= 15 is 0 Å². The van der Waals surface area contributed by atoms with Gasteiger partial charge >= 0.3 is 0 Å². The maximum Gasteiger partial charge on any atom is 0.266 e. The average Bonchev–Trinajstić information content (AvgIpc) is 2.47. The van der Waals surface area contributed by atoms with Crippen LogP contribution in [0.1, 0.15) is 0 Å². The molecule has 0 aliphatic carbocycles. The Morgan fingerprint density at radius 2 is 2.21 bits per heavy atom. The normalized spacial score (nSPS) is 16.7. The average molecular weight is 318 g/mol. The van der Waals surface area contributed by atoms with Gasteiger partial charge in [0.25, 0.3) is 5.91 Å². The van der Waals surface area contributed by atoms with Crippen molar-refractivity contribution in [1.82, 2.24) is 4.98 Å². The van der Waals surface area contributed by atoms with Crippen LogP contribution in [0.15, 0.2) is 33.5 Å². The van der Waals surface area contributed by atoms with E-state index in [0.717, 1.165) is 10.2 Å². The van der Waals surface area contributed by atoms with Crippen molar-refractivity contribution in [3.8, 4) is 0 Å². The van der Waals surface area contributed by atoms with Crippen LogP contribution >= 0.6 is 31.9 Å². The Labute approximate surface area is 98.1 Å². The van der Waals surface area contributed by atoms with Crippen LogP contribution in [0.2, 0.25) is 0 Å². The largest absolute Gasteiger partial charge is 0.301 e. The van der Waals surface area contributed by atoms with Gasteiger partial charge in [-0.1, -0.05) is 15.9 Å². The quantitative estimate of drug-likeness (QED) is 0.797. The lowest BCUT2D eigenvalue weighted by molar-refractivity contribution is -0.113. The van der Waals surface area contributed by atoms with Gasteiger partial charge in [0.05, 0.1) is 22.9 Å². The van der Waals surface area contributed by atoms with Crippen molar-refractivity contribution in [3.63, 3.8) is 0 Å². The molecule has 72 valence electrons. The molecule has 5 heteroatoms. The molecule has 0 radical (unpaired) electrons. The van der Waals surface area contributed by atoms with Crippen molar-refractivity contribution in [2.45, 2.75) is 0 Å². The SMILES string of the molecule is O=C1C(Br)=C(Br)CN1c1cccnc1. The number of pyridine rings is 1. The Morgan fingerprint density at radius 1 is 1.43 bits per heavy atom. The van der Waals surface area contributed by atoms with Gasteiger partial charge in [-0.25, -0.2) is 0 Å². The van der Waals surface area contributed by atoms with Crippen molar-refractivity contribution in [1.29, 1.82) is 0 Å². The first-order valence-electron chi connectivity index (χ1n) is 3.96. The summed E-state index contributed by atoms with van der Waals surface area (Å²) in [5, 5.41) is 0. The molecule has 0 unspecified atom stereocenters. The summed E-state index contributed by atoms with van der Waals surface area (Å²) in [5.41, 5.74) is 0.809. The molecular formula is C9H6Br2N2O. The number of carbonyl (C=O) groups excluding carboxylic acids is 1. The van der Waals surface area contributed by atoms with Gasteiger partial charge in [-0.05, 0) is 28.1 Å². The lowest BCUT2D eigenvalue weighted by atomic mass is 10.4. The molecule has 1 aromatic heterocycles. The topological polar surface area (TPSA) is 33.2 Å². The van der Waals surface area contributed by atoms with E-state index < -0.39 is 0 Å². The number of rotatable bonds is 1. The highest BCUT2D eigenvalue weighted by Gasteiger charge is 2.28. The van der Waals surface area contributed by atoms with Crippen molar-refractivity contribution >= 4 is 43.5 Å². The molecule has 3 nitrogen and oxygen atoms in total. The summed E-state index contributed by atoms with van der Waals surface area (Å²) in [4.78, 5) is 17.3. The predicted molar refractivity (Wildman–Crippen MR) is 61.5 cm³/mol. The van der Waals surface area contributed by atoms with Crippen molar-refractivity contribution < 1.29 is 4.79 Å². The van der Waals surface area contributed by atoms with E-state index in [1.165, 1.54) is 0 Å². The Kier molecular flexibility index (Phi) is 2.69. The van der Waals surface area contributed by atoms with Crippen LogP contribution in [0.25, 0.3) is 0 Å². The highest BCUT2D eigenvalue weighted by atomic mass is 79.9. The number of nitrogens with zero attached hydrogens (tertiary/aromatic N) is 2. The highest BCUT2D eigenvalue weighted by molar-refractivity contribution is 9.14. The summed E-state index contributed by atoms with van der Waals surface area (Å²) >= 11 is 6.56. The number of hydrogen-bond acceptors (Lipinski definition) is 2. The lowest BCUT2D eigenvalue weighted by Crippen LogP contribution is -2.25. The number of aromatic nitrogens is 1. The number of amides is 1. The second-order valence-corrected chi connectivity index (χ2v) is 4.57. The molecule has 1 aliphatic rings. The van der Waals surface area contributed by atoms with Crippen LogP contribution in [0.3, 0.4) is 0 Å². The zero-order chi connectivity index (χ0) is 10.1.